The van der Waals surface area contributed by atoms with Crippen LogP contribution in [-0.2, 0) is 17.8 Å². The van der Waals surface area contributed by atoms with Gasteiger partial charge < -0.3 is 16.6 Å². The first-order valence-electron chi connectivity index (χ1n) is 7.79. The van der Waals surface area contributed by atoms with Gasteiger partial charge >= 0.3 is 0 Å². The van der Waals surface area contributed by atoms with Gasteiger partial charge in [0.15, 0.2) is 5.82 Å². The fraction of sp³-hybridized carbons (Fsp3) is 0.353. The van der Waals surface area contributed by atoms with Crippen LogP contribution in [0.2, 0.25) is 0 Å². The zero-order valence-corrected chi connectivity index (χ0v) is 13.8. The number of carbonyl (C=O) groups excluding carboxylic acids is 1. The van der Waals surface area contributed by atoms with Crippen molar-refractivity contribution in [2.75, 3.05) is 12.3 Å². The molecule has 0 unspecified atom stereocenters. The Kier molecular flexibility index (Phi) is 3.88. The fourth-order valence-electron chi connectivity index (χ4n) is 2.89. The Morgan fingerprint density at radius 1 is 1.33 bits per heavy atom. The quantitative estimate of drug-likeness (QED) is 0.650. The second-order valence-electron chi connectivity index (χ2n) is 6.56. The third-order valence-corrected chi connectivity index (χ3v) is 4.30. The van der Waals surface area contributed by atoms with Crippen molar-refractivity contribution >= 4 is 33.5 Å². The van der Waals surface area contributed by atoms with E-state index in [1.165, 1.54) is 0 Å². The number of aliphatic hydroxyl groups is 1. The minimum atomic E-state index is -0.751. The summed E-state index contributed by atoms with van der Waals surface area (Å²) in [5, 5.41) is 15.7. The number of primary amides is 1. The number of amides is 1. The fourth-order valence-corrected chi connectivity index (χ4v) is 2.89. The van der Waals surface area contributed by atoms with Gasteiger partial charge in [0.05, 0.1) is 18.7 Å². The molecule has 3 rings (SSSR count). The highest BCUT2D eigenvalue weighted by Crippen LogP contribution is 2.33. The molecule has 7 heteroatoms. The molecule has 0 radical (unpaired) electrons. The van der Waals surface area contributed by atoms with Crippen molar-refractivity contribution < 1.29 is 9.90 Å². The van der Waals surface area contributed by atoms with Crippen LogP contribution in [0.4, 0.5) is 5.82 Å². The van der Waals surface area contributed by atoms with E-state index in [0.29, 0.717) is 24.3 Å². The number of nitrogens with two attached hydrogens (primary N) is 2. The van der Waals surface area contributed by atoms with Crippen LogP contribution in [0.1, 0.15) is 19.5 Å². The van der Waals surface area contributed by atoms with Crippen LogP contribution in [0.25, 0.3) is 21.8 Å². The maximum absolute atomic E-state index is 11.8. The van der Waals surface area contributed by atoms with Crippen molar-refractivity contribution in [1.82, 2.24) is 14.8 Å². The van der Waals surface area contributed by atoms with E-state index >= 15 is 0 Å². The summed E-state index contributed by atoms with van der Waals surface area (Å²) in [5.41, 5.74) is 13.1. The van der Waals surface area contributed by atoms with Gasteiger partial charge in [0.2, 0.25) is 5.91 Å². The van der Waals surface area contributed by atoms with E-state index in [1.807, 2.05) is 24.3 Å². The highest BCUT2D eigenvalue weighted by Gasteiger charge is 2.29. The topological polar surface area (TPSA) is 120 Å². The molecule has 0 aliphatic carbocycles. The molecule has 2 aromatic heterocycles. The Balaban J connectivity index is 2.35. The summed E-state index contributed by atoms with van der Waals surface area (Å²) in [6.45, 7) is 3.84. The van der Waals surface area contributed by atoms with Gasteiger partial charge in [-0.2, -0.15) is 5.10 Å². The van der Waals surface area contributed by atoms with Crippen molar-refractivity contribution in [3.05, 3.63) is 30.0 Å². The zero-order chi connectivity index (χ0) is 17.5. The van der Waals surface area contributed by atoms with Crippen LogP contribution >= 0.6 is 0 Å². The molecule has 0 spiro atoms. The molecule has 24 heavy (non-hydrogen) atoms. The lowest BCUT2D eigenvalue weighted by Gasteiger charge is -2.21. The van der Waals surface area contributed by atoms with Crippen LogP contribution in [-0.4, -0.2) is 32.4 Å². The molecule has 0 aliphatic rings. The van der Waals surface area contributed by atoms with E-state index < -0.39 is 11.3 Å². The summed E-state index contributed by atoms with van der Waals surface area (Å²) >= 11 is 0. The largest absolute Gasteiger partial charge is 0.394 e. The average molecular weight is 327 g/mol. The lowest BCUT2D eigenvalue weighted by atomic mass is 9.86. The Bertz CT molecular complexity index is 930. The Hall–Kier alpha value is -2.67. The number of nitrogens with zero attached hydrogens (tertiary/aromatic N) is 3. The van der Waals surface area contributed by atoms with Crippen LogP contribution in [0.15, 0.2) is 24.3 Å². The molecule has 1 aromatic carbocycles. The number of benzene rings is 1. The number of hydrogen-bond acceptors (Lipinski definition) is 5. The van der Waals surface area contributed by atoms with Gasteiger partial charge in [-0.25, -0.2) is 4.98 Å². The van der Waals surface area contributed by atoms with E-state index in [9.17, 15) is 9.90 Å². The Labute approximate surface area is 139 Å². The van der Waals surface area contributed by atoms with Crippen molar-refractivity contribution in [3.8, 4) is 0 Å². The monoisotopic (exact) mass is 327 g/mol. The summed E-state index contributed by atoms with van der Waals surface area (Å²) in [6, 6.07) is 7.66. The predicted molar refractivity (Wildman–Crippen MR) is 93.2 cm³/mol. The molecule has 0 fully saturated rings. The maximum Gasteiger partial charge on any atom is 0.223 e. The van der Waals surface area contributed by atoms with Gasteiger partial charge in [-0.05, 0) is 6.07 Å². The van der Waals surface area contributed by atoms with Crippen molar-refractivity contribution in [2.45, 2.75) is 26.8 Å². The first-order valence-corrected chi connectivity index (χ1v) is 7.79. The number of pyridine rings is 1. The van der Waals surface area contributed by atoms with Gasteiger partial charge in [-0.15, -0.1) is 0 Å². The van der Waals surface area contributed by atoms with E-state index in [0.717, 1.165) is 22.0 Å². The predicted octanol–water partition coefficient (Wildman–Crippen LogP) is 1.21. The molecule has 0 bridgehead atoms. The molecule has 1 amide bonds. The van der Waals surface area contributed by atoms with E-state index in [2.05, 4.69) is 10.1 Å². The SMILES string of the molecule is CC(C)(Cc1c2c(nn1CCO)c(N)nc1ccccc12)C(N)=O. The molecule has 0 atom stereocenters. The van der Waals surface area contributed by atoms with E-state index in [-0.39, 0.29) is 6.61 Å². The molecule has 126 valence electrons. The number of carbonyl (C=O) groups is 1. The summed E-state index contributed by atoms with van der Waals surface area (Å²) < 4.78 is 1.69. The smallest absolute Gasteiger partial charge is 0.223 e. The average Bonchev–Trinajstić information content (AvgIpc) is 2.87. The number of aromatic nitrogens is 3. The summed E-state index contributed by atoms with van der Waals surface area (Å²) in [5.74, 6) is -0.0581. The van der Waals surface area contributed by atoms with Crippen LogP contribution in [0.5, 0.6) is 0 Å². The molecular formula is C17H21N5O2. The van der Waals surface area contributed by atoms with E-state index in [4.69, 9.17) is 11.5 Å². The van der Waals surface area contributed by atoms with Crippen LogP contribution < -0.4 is 11.5 Å². The third kappa shape index (κ3) is 2.56. The maximum atomic E-state index is 11.8. The Morgan fingerprint density at radius 2 is 2.04 bits per heavy atom. The molecular weight excluding hydrogens is 306 g/mol. The van der Waals surface area contributed by atoms with Gasteiger partial charge in [0, 0.05) is 28.3 Å². The number of nitrogen functional groups attached to an aromatic ring is 1. The third-order valence-electron chi connectivity index (χ3n) is 4.30. The highest BCUT2D eigenvalue weighted by atomic mass is 16.3. The molecule has 2 heterocycles. The molecule has 5 N–H and O–H groups in total. The molecule has 3 aromatic rings. The summed E-state index contributed by atoms with van der Waals surface area (Å²) in [6.07, 6.45) is 0.395. The number of anilines is 1. The zero-order valence-electron chi connectivity index (χ0n) is 13.8. The first kappa shape index (κ1) is 16.2. The first-order chi connectivity index (χ1) is 11.3. The molecule has 0 saturated carbocycles. The summed E-state index contributed by atoms with van der Waals surface area (Å²) in [7, 11) is 0. The number of fused-ring (bicyclic) bond motifs is 3. The number of rotatable bonds is 5. The number of aliphatic hydroxyl groups excluding tert-OH is 1. The normalized spacial score (nSPS) is 12.1. The Morgan fingerprint density at radius 3 is 2.71 bits per heavy atom. The van der Waals surface area contributed by atoms with Crippen molar-refractivity contribution in [3.63, 3.8) is 0 Å². The van der Waals surface area contributed by atoms with Gasteiger partial charge in [0.25, 0.3) is 0 Å². The van der Waals surface area contributed by atoms with Gasteiger partial charge in [-0.3, -0.25) is 9.48 Å². The molecule has 7 nitrogen and oxygen atoms in total. The summed E-state index contributed by atoms with van der Waals surface area (Å²) in [4.78, 5) is 16.2. The lowest BCUT2D eigenvalue weighted by Crippen LogP contribution is -2.34. The lowest BCUT2D eigenvalue weighted by molar-refractivity contribution is -0.125. The van der Waals surface area contributed by atoms with Crippen molar-refractivity contribution in [1.29, 1.82) is 0 Å². The van der Waals surface area contributed by atoms with Gasteiger partial charge in [-0.1, -0.05) is 32.0 Å². The highest BCUT2D eigenvalue weighted by molar-refractivity contribution is 6.09. The second-order valence-corrected chi connectivity index (χ2v) is 6.56. The van der Waals surface area contributed by atoms with Crippen molar-refractivity contribution in [2.24, 2.45) is 11.1 Å². The second kappa shape index (κ2) is 5.76. The minimum absolute atomic E-state index is 0.0662. The minimum Gasteiger partial charge on any atom is -0.394 e. The van der Waals surface area contributed by atoms with E-state index in [1.54, 1.807) is 18.5 Å². The number of para-hydroxylation sites is 1. The number of hydrogen-bond donors (Lipinski definition) is 3. The standard InChI is InChI=1S/C17H21N5O2/c1-17(2,16(19)24)9-12-13-10-5-3-4-6-11(10)20-15(18)14(13)21-22(12)7-8-23/h3-6,23H,7-9H2,1-2H3,(H2,18,20)(H2,19,24). The van der Waals surface area contributed by atoms with Gasteiger partial charge in [0.1, 0.15) is 5.52 Å². The van der Waals surface area contributed by atoms with Crippen LogP contribution in [0.3, 0.4) is 0 Å². The molecule has 0 aliphatic heterocycles. The molecule has 0 saturated heterocycles. The van der Waals surface area contributed by atoms with Crippen LogP contribution in [0, 0.1) is 5.41 Å².